The molecule has 100 heavy (non-hydrogen) atoms. The van der Waals surface area contributed by atoms with Crippen LogP contribution in [0.1, 0.15) is 44.5 Å². The van der Waals surface area contributed by atoms with E-state index in [0.29, 0.717) is 47.5 Å². The second-order valence-corrected chi connectivity index (χ2v) is 25.1. The van der Waals surface area contributed by atoms with E-state index in [0.717, 1.165) is 100 Å². The molecule has 14 aromatic rings. The molecule has 8 heteroatoms. The summed E-state index contributed by atoms with van der Waals surface area (Å²) in [6.45, 7) is 8.40. The van der Waals surface area contributed by atoms with E-state index in [4.69, 9.17) is 9.47 Å². The molecule has 16 rings (SSSR count). The van der Waals surface area contributed by atoms with Crippen LogP contribution in [0.2, 0.25) is 0 Å². The fraction of sp³-hybridized carbons (Fsp3) is 0.0435. The summed E-state index contributed by atoms with van der Waals surface area (Å²) in [5, 5.41) is 0. The fourth-order valence-corrected chi connectivity index (χ4v) is 15.2. The zero-order valence-electron chi connectivity index (χ0n) is 54.4. The van der Waals surface area contributed by atoms with Gasteiger partial charge in [0.2, 0.25) is 0 Å². The van der Waals surface area contributed by atoms with Crippen molar-refractivity contribution in [2.75, 3.05) is 23.0 Å². The van der Waals surface area contributed by atoms with Crippen molar-refractivity contribution in [3.63, 3.8) is 0 Å². The van der Waals surface area contributed by atoms with Gasteiger partial charge < -0.3 is 19.3 Å². The first kappa shape index (κ1) is 62.3. The van der Waals surface area contributed by atoms with Crippen LogP contribution in [0.25, 0.3) is 55.6 Å². The summed E-state index contributed by atoms with van der Waals surface area (Å²) < 4.78 is 79.3. The molecule has 0 saturated carbocycles. The average molecular weight is 1310 g/mol. The van der Waals surface area contributed by atoms with Gasteiger partial charge in [-0.1, -0.05) is 244 Å². The number of anilines is 6. The molecule has 0 spiro atoms. The van der Waals surface area contributed by atoms with Gasteiger partial charge in [0.15, 0.2) is 0 Å². The van der Waals surface area contributed by atoms with Crippen molar-refractivity contribution in [1.29, 1.82) is 0 Å². The molecule has 482 valence electrons. The first-order chi connectivity index (χ1) is 49.1. The van der Waals surface area contributed by atoms with Crippen molar-refractivity contribution in [2.45, 2.75) is 10.8 Å². The number of para-hydroxylation sites is 2. The predicted octanol–water partition coefficient (Wildman–Crippen LogP) is 24.0. The predicted molar refractivity (Wildman–Crippen MR) is 398 cm³/mol. The lowest BCUT2D eigenvalue weighted by molar-refractivity contribution is 0.363. The van der Waals surface area contributed by atoms with Crippen LogP contribution in [0.5, 0.6) is 11.5 Å². The van der Waals surface area contributed by atoms with E-state index in [-0.39, 0.29) is 11.4 Å². The van der Waals surface area contributed by atoms with Crippen LogP contribution < -0.4 is 19.3 Å². The van der Waals surface area contributed by atoms with Gasteiger partial charge in [-0.05, 0) is 209 Å². The van der Waals surface area contributed by atoms with E-state index >= 15 is 17.6 Å². The molecule has 0 N–H and O–H groups in total. The number of benzene rings is 14. The number of fused-ring (bicyclic) bond motifs is 6. The normalized spacial score (nSPS) is 14.6. The van der Waals surface area contributed by atoms with Crippen molar-refractivity contribution in [3.8, 4) is 67.1 Å². The largest absolute Gasteiger partial charge is 0.490 e. The molecule has 2 atom stereocenters. The molecule has 0 fully saturated rings. The smallest absolute Gasteiger partial charge is 0.150 e. The maximum atomic E-state index is 16.8. The second-order valence-electron chi connectivity index (χ2n) is 25.1. The highest BCUT2D eigenvalue weighted by Crippen LogP contribution is 2.61. The number of nitrogens with zero attached hydrogens (tertiary/aromatic N) is 2. The monoisotopic (exact) mass is 1300 g/mol. The van der Waals surface area contributed by atoms with Crippen molar-refractivity contribution in [1.82, 2.24) is 0 Å². The summed E-state index contributed by atoms with van der Waals surface area (Å²) in [7, 11) is 0. The van der Waals surface area contributed by atoms with E-state index < -0.39 is 34.1 Å². The minimum atomic E-state index is -0.923. The highest BCUT2D eigenvalue weighted by Gasteiger charge is 2.49. The van der Waals surface area contributed by atoms with E-state index in [1.54, 1.807) is 22.0 Å². The lowest BCUT2D eigenvalue weighted by Crippen LogP contribution is -2.29. The Morgan fingerprint density at radius 2 is 0.550 bits per heavy atom. The van der Waals surface area contributed by atoms with Crippen molar-refractivity contribution in [2.24, 2.45) is 0 Å². The standard InChI is InChI=1S/C92H64F4N2O2/c1-3-55-99-75-47-37-69(38-48-75)91(67-23-13-7-14-24-67)81-57-65(61-19-9-5-10-20-61)35-51-77(81)79-53-45-73(59-83(79)91)97(89-85(93)27-17-28-86(89)94)71-41-31-63(32-42-71)64-33-43-72(44-34-64)98(90-87(95)29-18-30-88(90)96)74-46-54-80-78-52-36-66(62-21-11-6-12-22-62)58-82(78)92(84(80)60-74,68-25-15-8-16-26-68)70-39-49-76(50-40-70)100-56-4-2/h3-54,57-60H,1-2,55-56H2. The van der Waals surface area contributed by atoms with Crippen LogP contribution in [0, 0.1) is 23.3 Å². The minimum Gasteiger partial charge on any atom is -0.490 e. The third kappa shape index (κ3) is 10.6. The second kappa shape index (κ2) is 26.1. The molecule has 0 amide bonds. The summed E-state index contributed by atoms with van der Waals surface area (Å²) in [5.74, 6) is -1.57. The van der Waals surface area contributed by atoms with Gasteiger partial charge in [-0.15, -0.1) is 0 Å². The Morgan fingerprint density at radius 1 is 0.270 bits per heavy atom. The highest BCUT2D eigenvalue weighted by atomic mass is 19.1. The average Bonchev–Trinajstić information content (AvgIpc) is 1.53. The Hall–Kier alpha value is -12.5. The van der Waals surface area contributed by atoms with Crippen molar-refractivity contribution < 1.29 is 27.0 Å². The van der Waals surface area contributed by atoms with E-state index in [9.17, 15) is 0 Å². The van der Waals surface area contributed by atoms with Gasteiger partial charge in [-0.2, -0.15) is 0 Å². The van der Waals surface area contributed by atoms with E-state index in [1.165, 1.54) is 36.4 Å². The molecule has 2 unspecified atom stereocenters. The summed E-state index contributed by atoms with van der Waals surface area (Å²) in [6, 6.07) is 106. The molecule has 0 saturated heterocycles. The molecule has 4 nitrogen and oxygen atoms in total. The van der Waals surface area contributed by atoms with Gasteiger partial charge in [0.05, 0.1) is 10.8 Å². The SMILES string of the molecule is C=CCOc1ccc(C2(c3ccccc3)c3cc(-c4ccccc4)ccc3-c3ccc(N(c4ccc(-c5ccc(N(c6ccc7c(c6)C(c6ccccc6)(c6ccc(OCC=C)cc6)c6cc(-c8ccccc8)ccc6-7)c6c(F)cccc6F)cc5)cc4)c4c(F)cccc4F)cc32)cc1. The van der Waals surface area contributed by atoms with Gasteiger partial charge in [-0.3, -0.25) is 0 Å². The lowest BCUT2D eigenvalue weighted by atomic mass is 9.67. The van der Waals surface area contributed by atoms with Gasteiger partial charge >= 0.3 is 0 Å². The maximum absolute atomic E-state index is 16.8. The zero-order chi connectivity index (χ0) is 67.9. The summed E-state index contributed by atoms with van der Waals surface area (Å²) in [5.41, 5.74) is 17.5. The van der Waals surface area contributed by atoms with Crippen LogP contribution in [0.15, 0.2) is 353 Å². The van der Waals surface area contributed by atoms with E-state index in [1.807, 2.05) is 158 Å². The fourth-order valence-electron chi connectivity index (χ4n) is 15.2. The molecule has 14 aromatic carbocycles. The molecular weight excluding hydrogens is 1240 g/mol. The molecule has 2 aliphatic carbocycles. The van der Waals surface area contributed by atoms with Crippen LogP contribution >= 0.6 is 0 Å². The first-order valence-electron chi connectivity index (χ1n) is 33.3. The third-order valence-corrected chi connectivity index (χ3v) is 19.6. The van der Waals surface area contributed by atoms with Gasteiger partial charge in [-0.25, -0.2) is 17.6 Å². The van der Waals surface area contributed by atoms with Crippen molar-refractivity contribution >= 4 is 34.1 Å². The third-order valence-electron chi connectivity index (χ3n) is 19.6. The summed E-state index contributed by atoms with van der Waals surface area (Å²) >= 11 is 0. The van der Waals surface area contributed by atoms with Crippen LogP contribution in [-0.2, 0) is 10.8 Å². The van der Waals surface area contributed by atoms with E-state index in [2.05, 4.69) is 147 Å². The number of rotatable bonds is 19. The minimum absolute atomic E-state index is 0.240. The van der Waals surface area contributed by atoms with Gasteiger partial charge in [0.1, 0.15) is 59.4 Å². The number of halogens is 4. The zero-order valence-corrected chi connectivity index (χ0v) is 54.4. The quantitative estimate of drug-likeness (QED) is 0.0595. The highest BCUT2D eigenvalue weighted by molar-refractivity contribution is 5.94. The Morgan fingerprint density at radius 3 is 0.890 bits per heavy atom. The lowest BCUT2D eigenvalue weighted by Gasteiger charge is -2.35. The molecule has 0 radical (unpaired) electrons. The molecule has 0 aliphatic heterocycles. The number of hydrogen-bond acceptors (Lipinski definition) is 4. The Kier molecular flexibility index (Phi) is 16.3. The van der Waals surface area contributed by atoms with Crippen LogP contribution in [-0.4, -0.2) is 13.2 Å². The number of ether oxygens (including phenoxy) is 2. The summed E-state index contributed by atoms with van der Waals surface area (Å²) in [4.78, 5) is 3.30. The molecule has 2 aliphatic rings. The topological polar surface area (TPSA) is 24.9 Å². The molecule has 0 aromatic heterocycles. The van der Waals surface area contributed by atoms with Gasteiger partial charge in [0.25, 0.3) is 0 Å². The van der Waals surface area contributed by atoms with Crippen LogP contribution in [0.4, 0.5) is 51.7 Å². The Bertz CT molecular complexity index is 5000. The Labute approximate surface area is 579 Å². The van der Waals surface area contributed by atoms with Crippen molar-refractivity contribution in [3.05, 3.63) is 421 Å². The first-order valence-corrected chi connectivity index (χ1v) is 33.3. The maximum Gasteiger partial charge on any atom is 0.150 e. The van der Waals surface area contributed by atoms with Gasteiger partial charge in [0, 0.05) is 22.7 Å². The molecule has 0 bridgehead atoms. The van der Waals surface area contributed by atoms with Crippen LogP contribution in [0.3, 0.4) is 0 Å². The Balaban J connectivity index is 0.809. The number of hydrogen-bond donors (Lipinski definition) is 0. The summed E-state index contributed by atoms with van der Waals surface area (Å²) in [6.07, 6.45) is 3.43. The molecule has 0 heterocycles. The molecular formula is C92H64F4N2O2.